The standard InChI is InChI=1S/C25H30N4O3/c1-3-18-7-5-6-8-21(18)27-24(30)17-28-11-13-29(14-12-28)25(31)23-15-19-9-10-20(32-4-2)16-22(19)26-23/h5-10,15-16,26H,3-4,11-14,17H2,1-2H3,(H,27,30). The van der Waals surface area contributed by atoms with Gasteiger partial charge < -0.3 is 19.9 Å². The number of aromatic amines is 1. The van der Waals surface area contributed by atoms with Crippen LogP contribution in [0.5, 0.6) is 5.75 Å². The topological polar surface area (TPSA) is 77.7 Å². The van der Waals surface area contributed by atoms with Gasteiger partial charge in [0.25, 0.3) is 5.91 Å². The Labute approximate surface area is 188 Å². The van der Waals surface area contributed by atoms with Crippen molar-refractivity contribution in [1.82, 2.24) is 14.8 Å². The van der Waals surface area contributed by atoms with Crippen LogP contribution in [-0.2, 0) is 11.2 Å². The van der Waals surface area contributed by atoms with Gasteiger partial charge in [0.1, 0.15) is 11.4 Å². The number of nitrogens with zero attached hydrogens (tertiary/aromatic N) is 2. The van der Waals surface area contributed by atoms with E-state index in [0.717, 1.165) is 34.3 Å². The molecule has 1 aliphatic heterocycles. The largest absolute Gasteiger partial charge is 0.494 e. The Morgan fingerprint density at radius 1 is 1.03 bits per heavy atom. The van der Waals surface area contributed by atoms with Crippen LogP contribution < -0.4 is 10.1 Å². The van der Waals surface area contributed by atoms with Crippen molar-refractivity contribution in [3.05, 3.63) is 59.8 Å². The molecule has 7 nitrogen and oxygen atoms in total. The second-order valence-electron chi connectivity index (χ2n) is 7.99. The van der Waals surface area contributed by atoms with Crippen LogP contribution in [0.4, 0.5) is 5.69 Å². The van der Waals surface area contributed by atoms with Gasteiger partial charge in [-0.15, -0.1) is 0 Å². The Bertz CT molecular complexity index is 1100. The monoisotopic (exact) mass is 434 g/mol. The van der Waals surface area contributed by atoms with Crippen molar-refractivity contribution in [3.63, 3.8) is 0 Å². The van der Waals surface area contributed by atoms with Gasteiger partial charge in [-0.25, -0.2) is 0 Å². The number of carbonyl (C=O) groups excluding carboxylic acids is 2. The molecule has 0 spiro atoms. The molecule has 0 unspecified atom stereocenters. The van der Waals surface area contributed by atoms with Crippen LogP contribution >= 0.6 is 0 Å². The number of benzene rings is 2. The average Bonchev–Trinajstić information content (AvgIpc) is 3.23. The molecule has 2 N–H and O–H groups in total. The lowest BCUT2D eigenvalue weighted by molar-refractivity contribution is -0.117. The number of anilines is 1. The van der Waals surface area contributed by atoms with Crippen LogP contribution in [0.2, 0.25) is 0 Å². The summed E-state index contributed by atoms with van der Waals surface area (Å²) in [6.45, 7) is 7.48. The third kappa shape index (κ3) is 4.94. The van der Waals surface area contributed by atoms with E-state index in [1.807, 2.05) is 60.4 Å². The summed E-state index contributed by atoms with van der Waals surface area (Å²) in [4.78, 5) is 32.7. The van der Waals surface area contributed by atoms with Gasteiger partial charge in [0, 0.05) is 48.8 Å². The number of fused-ring (bicyclic) bond motifs is 1. The molecule has 1 aromatic heterocycles. The normalized spacial score (nSPS) is 14.5. The van der Waals surface area contributed by atoms with Crippen molar-refractivity contribution in [3.8, 4) is 5.75 Å². The fraction of sp³-hybridized carbons (Fsp3) is 0.360. The van der Waals surface area contributed by atoms with Gasteiger partial charge in [0.15, 0.2) is 0 Å². The van der Waals surface area contributed by atoms with E-state index in [2.05, 4.69) is 22.1 Å². The number of piperazine rings is 1. The lowest BCUT2D eigenvalue weighted by atomic mass is 10.1. The zero-order valence-electron chi connectivity index (χ0n) is 18.7. The quantitative estimate of drug-likeness (QED) is 0.596. The summed E-state index contributed by atoms with van der Waals surface area (Å²) in [5, 5.41) is 4.01. The van der Waals surface area contributed by atoms with Crippen molar-refractivity contribution < 1.29 is 14.3 Å². The first kappa shape index (κ1) is 21.9. The van der Waals surface area contributed by atoms with Crippen molar-refractivity contribution in [1.29, 1.82) is 0 Å². The van der Waals surface area contributed by atoms with Crippen molar-refractivity contribution in [2.24, 2.45) is 0 Å². The minimum atomic E-state index is -0.0219. The van der Waals surface area contributed by atoms with E-state index >= 15 is 0 Å². The SMILES string of the molecule is CCOc1ccc2cc(C(=O)N3CCN(CC(=O)Nc4ccccc4CC)CC3)[nH]c2c1. The van der Waals surface area contributed by atoms with E-state index in [4.69, 9.17) is 4.74 Å². The second kappa shape index (κ2) is 9.87. The van der Waals surface area contributed by atoms with Crippen molar-refractivity contribution in [2.45, 2.75) is 20.3 Å². The third-order valence-corrected chi connectivity index (χ3v) is 5.83. The van der Waals surface area contributed by atoms with E-state index in [-0.39, 0.29) is 11.8 Å². The van der Waals surface area contributed by atoms with Crippen LogP contribution in [0.1, 0.15) is 29.9 Å². The number of nitrogens with one attached hydrogen (secondary N) is 2. The van der Waals surface area contributed by atoms with Gasteiger partial charge in [0.05, 0.1) is 13.2 Å². The number of hydrogen-bond acceptors (Lipinski definition) is 4. The summed E-state index contributed by atoms with van der Waals surface area (Å²) < 4.78 is 5.54. The van der Waals surface area contributed by atoms with Gasteiger partial charge in [-0.1, -0.05) is 25.1 Å². The molecular weight excluding hydrogens is 404 g/mol. The highest BCUT2D eigenvalue weighted by Crippen LogP contribution is 2.22. The molecule has 2 heterocycles. The maximum atomic E-state index is 13.0. The zero-order chi connectivity index (χ0) is 22.5. The molecule has 1 aliphatic rings. The number of H-pyrrole nitrogens is 1. The molecule has 0 aliphatic carbocycles. The van der Waals surface area contributed by atoms with Crippen molar-refractivity contribution >= 4 is 28.4 Å². The minimum absolute atomic E-state index is 0.0138. The number of aromatic nitrogens is 1. The van der Waals surface area contributed by atoms with Crippen LogP contribution in [0.3, 0.4) is 0 Å². The first-order valence-electron chi connectivity index (χ1n) is 11.2. The number of para-hydroxylation sites is 1. The van der Waals surface area contributed by atoms with Gasteiger partial charge in [0.2, 0.25) is 5.91 Å². The first-order valence-corrected chi connectivity index (χ1v) is 11.2. The molecule has 4 rings (SSSR count). The van der Waals surface area contributed by atoms with Crippen molar-refractivity contribution in [2.75, 3.05) is 44.6 Å². The molecule has 1 fully saturated rings. The second-order valence-corrected chi connectivity index (χ2v) is 7.99. The molecule has 168 valence electrons. The highest BCUT2D eigenvalue weighted by Gasteiger charge is 2.24. The summed E-state index contributed by atoms with van der Waals surface area (Å²) >= 11 is 0. The molecule has 3 aromatic rings. The molecule has 0 atom stereocenters. The van der Waals surface area contributed by atoms with Gasteiger partial charge in [-0.3, -0.25) is 14.5 Å². The minimum Gasteiger partial charge on any atom is -0.494 e. The van der Waals surface area contributed by atoms with E-state index in [9.17, 15) is 9.59 Å². The number of amides is 2. The number of carbonyl (C=O) groups is 2. The fourth-order valence-corrected chi connectivity index (χ4v) is 4.10. The van der Waals surface area contributed by atoms with E-state index in [1.165, 1.54) is 0 Å². The van der Waals surface area contributed by atoms with E-state index in [1.54, 1.807) is 0 Å². The van der Waals surface area contributed by atoms with Crippen LogP contribution in [0.15, 0.2) is 48.5 Å². The third-order valence-electron chi connectivity index (χ3n) is 5.83. The molecule has 2 amide bonds. The maximum Gasteiger partial charge on any atom is 0.270 e. The van der Waals surface area contributed by atoms with Crippen LogP contribution in [0.25, 0.3) is 10.9 Å². The Balaban J connectivity index is 1.31. The Morgan fingerprint density at radius 3 is 2.56 bits per heavy atom. The number of hydrogen-bond donors (Lipinski definition) is 2. The molecule has 0 saturated carbocycles. The smallest absolute Gasteiger partial charge is 0.270 e. The number of rotatable bonds is 7. The van der Waals surface area contributed by atoms with Gasteiger partial charge in [-0.2, -0.15) is 0 Å². The number of aryl methyl sites for hydroxylation is 1. The van der Waals surface area contributed by atoms with Crippen LogP contribution in [0, 0.1) is 0 Å². The first-order chi connectivity index (χ1) is 15.6. The Morgan fingerprint density at radius 2 is 1.81 bits per heavy atom. The summed E-state index contributed by atoms with van der Waals surface area (Å²) in [6.07, 6.45) is 0.873. The molecule has 0 radical (unpaired) electrons. The highest BCUT2D eigenvalue weighted by atomic mass is 16.5. The Kier molecular flexibility index (Phi) is 6.75. The summed E-state index contributed by atoms with van der Waals surface area (Å²) in [5.74, 6) is 0.751. The van der Waals surface area contributed by atoms with Gasteiger partial charge >= 0.3 is 0 Å². The molecule has 32 heavy (non-hydrogen) atoms. The van der Waals surface area contributed by atoms with E-state index < -0.39 is 0 Å². The lowest BCUT2D eigenvalue weighted by Gasteiger charge is -2.34. The number of ether oxygens (including phenoxy) is 1. The predicted octanol–water partition coefficient (Wildman–Crippen LogP) is 3.53. The molecular formula is C25H30N4O3. The lowest BCUT2D eigenvalue weighted by Crippen LogP contribution is -2.50. The fourth-order valence-electron chi connectivity index (χ4n) is 4.10. The molecule has 2 aromatic carbocycles. The summed E-state index contributed by atoms with van der Waals surface area (Å²) in [6, 6.07) is 15.6. The molecule has 7 heteroatoms. The van der Waals surface area contributed by atoms with Crippen LogP contribution in [-0.4, -0.2) is 65.9 Å². The predicted molar refractivity (Wildman–Crippen MR) is 126 cm³/mol. The summed E-state index contributed by atoms with van der Waals surface area (Å²) in [7, 11) is 0. The van der Waals surface area contributed by atoms with E-state index in [0.29, 0.717) is 45.0 Å². The maximum absolute atomic E-state index is 13.0. The summed E-state index contributed by atoms with van der Waals surface area (Å²) in [5.41, 5.74) is 3.47. The Hall–Kier alpha value is -3.32. The molecule has 0 bridgehead atoms. The zero-order valence-corrected chi connectivity index (χ0v) is 18.7. The highest BCUT2D eigenvalue weighted by molar-refractivity contribution is 5.98. The average molecular weight is 435 g/mol. The van der Waals surface area contributed by atoms with Gasteiger partial charge in [-0.05, 0) is 43.2 Å². The molecule has 1 saturated heterocycles.